The quantitative estimate of drug-likeness (QED) is 0.429. The topological polar surface area (TPSA) is 116 Å². The van der Waals surface area contributed by atoms with Crippen molar-refractivity contribution in [3.05, 3.63) is 58.1 Å². The van der Waals surface area contributed by atoms with Crippen molar-refractivity contribution < 1.29 is 27.9 Å². The Morgan fingerprint density at radius 3 is 2.59 bits per heavy atom. The number of aryl methyl sites for hydroxylation is 1. The number of nitrogens with one attached hydrogen (secondary N) is 1. The maximum absolute atomic E-state index is 13.4. The fourth-order valence-corrected chi connectivity index (χ4v) is 8.74. The lowest BCUT2D eigenvalue weighted by Crippen LogP contribution is -2.53. The molecule has 1 fully saturated rings. The van der Waals surface area contributed by atoms with E-state index in [-0.39, 0.29) is 35.6 Å². The second-order valence-corrected chi connectivity index (χ2v) is 16.3. The Balaban J connectivity index is 1.56. The standard InChI is InChI=1S/C35H48ClN3O6S/c1-23-8-7-16-35(42,20-33(40)38(3)4)30-14-11-27(30)21-39-17-6-5-9-25-18-29(36)13-10-28(25)22-45-32-15-12-26(19-31(32)39)34(41)37-46(43,44)24(23)2/h10,12-13,15,18-19,23-24,27,30,42H,5-9,11,14,16-17,20-22H2,1-4H3,(H,37,41)/t23-,24+,27-,30+,35+/m0/s1. The Morgan fingerprint density at radius 2 is 1.87 bits per heavy atom. The molecule has 2 aromatic carbocycles. The van der Waals surface area contributed by atoms with Crippen molar-refractivity contribution in [2.45, 2.75) is 89.1 Å². The van der Waals surface area contributed by atoms with E-state index in [2.05, 4.69) is 9.62 Å². The maximum Gasteiger partial charge on any atom is 0.264 e. The third-order valence-electron chi connectivity index (χ3n) is 10.6. The first-order valence-corrected chi connectivity index (χ1v) is 18.5. The molecule has 5 rings (SSSR count). The highest BCUT2D eigenvalue weighted by Crippen LogP contribution is 2.47. The van der Waals surface area contributed by atoms with Crippen molar-refractivity contribution in [1.82, 2.24) is 9.62 Å². The van der Waals surface area contributed by atoms with E-state index in [1.165, 1.54) is 4.90 Å². The van der Waals surface area contributed by atoms with Gasteiger partial charge in [-0.25, -0.2) is 13.1 Å². The number of aliphatic hydroxyl groups is 1. The van der Waals surface area contributed by atoms with Gasteiger partial charge in [0.05, 0.1) is 23.0 Å². The molecule has 11 heteroatoms. The van der Waals surface area contributed by atoms with Crippen molar-refractivity contribution >= 4 is 39.1 Å². The van der Waals surface area contributed by atoms with Gasteiger partial charge < -0.3 is 19.6 Å². The number of hydrogen-bond acceptors (Lipinski definition) is 7. The second-order valence-electron chi connectivity index (χ2n) is 13.9. The van der Waals surface area contributed by atoms with Gasteiger partial charge in [0.1, 0.15) is 12.4 Å². The molecule has 1 saturated carbocycles. The Morgan fingerprint density at radius 1 is 1.09 bits per heavy atom. The molecule has 5 atom stereocenters. The van der Waals surface area contributed by atoms with Crippen LogP contribution in [0.1, 0.15) is 86.7 Å². The lowest BCUT2D eigenvalue weighted by atomic mass is 9.62. The van der Waals surface area contributed by atoms with E-state index in [1.54, 1.807) is 39.2 Å². The van der Waals surface area contributed by atoms with Crippen LogP contribution in [0, 0.1) is 17.8 Å². The minimum absolute atomic E-state index is 0.0319. The molecule has 0 spiro atoms. The molecule has 46 heavy (non-hydrogen) atoms. The molecule has 9 nitrogen and oxygen atoms in total. The van der Waals surface area contributed by atoms with Crippen LogP contribution >= 0.6 is 11.6 Å². The Hall–Kier alpha value is -2.82. The smallest absolute Gasteiger partial charge is 0.264 e. The summed E-state index contributed by atoms with van der Waals surface area (Å²) < 4.78 is 35.4. The molecular weight excluding hydrogens is 626 g/mol. The number of rotatable bonds is 2. The number of fused-ring (bicyclic) bond motifs is 3. The molecule has 2 aliphatic heterocycles. The number of sulfonamides is 1. The molecule has 2 heterocycles. The first-order chi connectivity index (χ1) is 21.8. The van der Waals surface area contributed by atoms with Crippen LogP contribution in [0.4, 0.5) is 5.69 Å². The number of halogens is 1. The molecule has 0 unspecified atom stereocenters. The van der Waals surface area contributed by atoms with E-state index in [0.29, 0.717) is 49.7 Å². The molecule has 2 N–H and O–H groups in total. The lowest BCUT2D eigenvalue weighted by Gasteiger charge is -2.49. The van der Waals surface area contributed by atoms with Gasteiger partial charge in [-0.1, -0.05) is 31.0 Å². The molecule has 2 amide bonds. The predicted octanol–water partition coefficient (Wildman–Crippen LogP) is 5.57. The van der Waals surface area contributed by atoms with E-state index < -0.39 is 26.8 Å². The summed E-state index contributed by atoms with van der Waals surface area (Å²) in [6.45, 7) is 5.09. The first-order valence-electron chi connectivity index (χ1n) is 16.5. The molecule has 0 saturated heterocycles. The van der Waals surface area contributed by atoms with Gasteiger partial charge in [-0.2, -0.15) is 0 Å². The highest BCUT2D eigenvalue weighted by atomic mass is 35.5. The molecule has 2 aromatic rings. The minimum Gasteiger partial charge on any atom is -0.487 e. The van der Waals surface area contributed by atoms with Crippen LogP contribution in [0.25, 0.3) is 0 Å². The van der Waals surface area contributed by atoms with Gasteiger partial charge >= 0.3 is 0 Å². The van der Waals surface area contributed by atoms with Crippen LogP contribution in [0.3, 0.4) is 0 Å². The third-order valence-corrected chi connectivity index (χ3v) is 12.7. The molecule has 0 aromatic heterocycles. The number of hydrogen-bond donors (Lipinski definition) is 2. The van der Waals surface area contributed by atoms with Crippen LogP contribution < -0.4 is 14.4 Å². The van der Waals surface area contributed by atoms with Crippen LogP contribution in [0.5, 0.6) is 5.75 Å². The Kier molecular flexibility index (Phi) is 10.6. The van der Waals surface area contributed by atoms with Crippen LogP contribution in [-0.4, -0.2) is 68.3 Å². The molecule has 2 bridgehead atoms. The average Bonchev–Trinajstić information content (AvgIpc) is 3.01. The van der Waals surface area contributed by atoms with E-state index >= 15 is 0 Å². The number of benzene rings is 2. The monoisotopic (exact) mass is 673 g/mol. The zero-order valence-corrected chi connectivity index (χ0v) is 29.0. The van der Waals surface area contributed by atoms with Crippen molar-refractivity contribution in [2.75, 3.05) is 32.1 Å². The highest BCUT2D eigenvalue weighted by Gasteiger charge is 2.48. The van der Waals surface area contributed by atoms with Crippen molar-refractivity contribution in [3.63, 3.8) is 0 Å². The summed E-state index contributed by atoms with van der Waals surface area (Å²) in [5, 5.41) is 12.1. The lowest BCUT2D eigenvalue weighted by molar-refractivity contribution is -0.143. The van der Waals surface area contributed by atoms with Gasteiger partial charge in [0.15, 0.2) is 0 Å². The summed E-state index contributed by atoms with van der Waals surface area (Å²) in [4.78, 5) is 30.2. The van der Waals surface area contributed by atoms with Crippen molar-refractivity contribution in [2.24, 2.45) is 17.8 Å². The molecule has 252 valence electrons. The largest absolute Gasteiger partial charge is 0.487 e. The Bertz CT molecular complexity index is 1550. The van der Waals surface area contributed by atoms with Gasteiger partial charge in [0.25, 0.3) is 5.91 Å². The van der Waals surface area contributed by atoms with Crippen molar-refractivity contribution in [3.8, 4) is 5.75 Å². The summed E-state index contributed by atoms with van der Waals surface area (Å²) in [6.07, 6.45) is 5.93. The SMILES string of the molecule is C[C@@H]1[C@@H](C)CCC[C@@](O)(CC(=O)N(C)C)[C@@H]2CC[C@H]2CN2CCCCc3cc(Cl)ccc3COc3ccc(cc32)C(=O)NS1(=O)=O. The normalized spacial score (nSPS) is 28.7. The van der Waals surface area contributed by atoms with E-state index in [9.17, 15) is 23.1 Å². The van der Waals surface area contributed by atoms with Crippen LogP contribution in [-0.2, 0) is 27.8 Å². The summed E-state index contributed by atoms with van der Waals surface area (Å²) >= 11 is 6.33. The van der Waals surface area contributed by atoms with Crippen LogP contribution in [0.15, 0.2) is 36.4 Å². The van der Waals surface area contributed by atoms with Gasteiger partial charge in [-0.15, -0.1) is 0 Å². The summed E-state index contributed by atoms with van der Waals surface area (Å²) in [5.74, 6) is -0.399. The zero-order chi connectivity index (χ0) is 33.2. The maximum atomic E-state index is 13.4. The summed E-state index contributed by atoms with van der Waals surface area (Å²) in [5.41, 5.74) is 1.95. The summed E-state index contributed by atoms with van der Waals surface area (Å²) in [6, 6.07) is 10.9. The molecule has 1 aliphatic carbocycles. The fourth-order valence-electron chi connectivity index (χ4n) is 7.23. The summed E-state index contributed by atoms with van der Waals surface area (Å²) in [7, 11) is -0.570. The van der Waals surface area contributed by atoms with Gasteiger partial charge in [0, 0.05) is 37.8 Å². The van der Waals surface area contributed by atoms with Gasteiger partial charge in [-0.05, 0) is 111 Å². The Labute approximate surface area is 278 Å². The fraction of sp³-hybridized carbons (Fsp3) is 0.600. The second kappa shape index (κ2) is 14.1. The number of nitrogens with zero attached hydrogens (tertiary/aromatic N) is 2. The third kappa shape index (κ3) is 7.66. The number of amides is 2. The van der Waals surface area contributed by atoms with E-state index in [1.807, 2.05) is 25.1 Å². The number of carbonyl (C=O) groups excluding carboxylic acids is 2. The minimum atomic E-state index is -3.98. The average molecular weight is 674 g/mol. The van der Waals surface area contributed by atoms with Crippen LogP contribution in [0.2, 0.25) is 5.02 Å². The molecular formula is C35H48ClN3O6S. The number of ether oxygens (including phenoxy) is 1. The van der Waals surface area contributed by atoms with E-state index in [0.717, 1.165) is 48.9 Å². The van der Waals surface area contributed by atoms with Crippen molar-refractivity contribution in [1.29, 1.82) is 0 Å². The highest BCUT2D eigenvalue weighted by molar-refractivity contribution is 7.90. The number of anilines is 1. The first kappa shape index (κ1) is 34.5. The molecule has 0 radical (unpaired) electrons. The zero-order valence-electron chi connectivity index (χ0n) is 27.4. The predicted molar refractivity (Wildman–Crippen MR) is 181 cm³/mol. The number of carbonyl (C=O) groups is 2. The molecule has 3 aliphatic rings. The van der Waals surface area contributed by atoms with Gasteiger partial charge in [0.2, 0.25) is 15.9 Å². The van der Waals surface area contributed by atoms with Gasteiger partial charge in [-0.3, -0.25) is 9.59 Å². The van der Waals surface area contributed by atoms with E-state index in [4.69, 9.17) is 16.3 Å².